The summed E-state index contributed by atoms with van der Waals surface area (Å²) in [5.41, 5.74) is 13.6. The highest BCUT2D eigenvalue weighted by molar-refractivity contribution is 5.96. The van der Waals surface area contributed by atoms with Gasteiger partial charge in [-0.15, -0.1) is 0 Å². The topological polar surface area (TPSA) is 173 Å². The number of aromatic nitrogens is 4. The van der Waals surface area contributed by atoms with Crippen molar-refractivity contribution in [1.29, 1.82) is 0 Å². The van der Waals surface area contributed by atoms with Crippen molar-refractivity contribution in [2.24, 2.45) is 0 Å². The van der Waals surface area contributed by atoms with Crippen LogP contribution in [0.15, 0.2) is 24.3 Å². The fourth-order valence-corrected chi connectivity index (χ4v) is 7.12. The summed E-state index contributed by atoms with van der Waals surface area (Å²) in [6, 6.07) is 7.85. The van der Waals surface area contributed by atoms with Gasteiger partial charge in [-0.2, -0.15) is 0 Å². The average Bonchev–Trinajstić information content (AvgIpc) is 3.86. The van der Waals surface area contributed by atoms with Crippen LogP contribution in [-0.4, -0.2) is 67.1 Å². The Hall–Kier alpha value is -4.58. The fourth-order valence-electron chi connectivity index (χ4n) is 7.12. The lowest BCUT2D eigenvalue weighted by Gasteiger charge is -2.05. The molecular formula is C39H49N5O6. The summed E-state index contributed by atoms with van der Waals surface area (Å²) in [7, 11) is 1.74. The molecule has 8 bridgehead atoms. The highest BCUT2D eigenvalue weighted by Gasteiger charge is 2.23. The Morgan fingerprint density at radius 1 is 0.820 bits per heavy atom. The summed E-state index contributed by atoms with van der Waals surface area (Å²) in [6.07, 6.45) is 3.37. The van der Waals surface area contributed by atoms with E-state index in [1.165, 1.54) is 18.4 Å². The number of H-pyrrole nitrogens is 2. The number of aliphatic hydroxyl groups excluding tert-OH is 1. The number of aryl methyl sites for hydroxylation is 3. The van der Waals surface area contributed by atoms with Crippen molar-refractivity contribution >= 4 is 56.3 Å². The van der Waals surface area contributed by atoms with Crippen molar-refractivity contribution < 1.29 is 29.6 Å². The number of aromatic amines is 2. The highest BCUT2D eigenvalue weighted by Crippen LogP contribution is 2.38. The first-order valence-corrected chi connectivity index (χ1v) is 17.4. The number of allylic oxidation sites excluding steroid dienone is 4. The van der Waals surface area contributed by atoms with Crippen LogP contribution in [0.3, 0.4) is 0 Å². The number of nitrogens with zero attached hydrogens (tertiary/aromatic N) is 2. The Labute approximate surface area is 292 Å². The van der Waals surface area contributed by atoms with E-state index in [2.05, 4.69) is 35.2 Å². The van der Waals surface area contributed by atoms with E-state index >= 15 is 0 Å². The molecule has 0 saturated carbocycles. The second kappa shape index (κ2) is 15.5. The molecule has 11 nitrogen and oxygen atoms in total. The van der Waals surface area contributed by atoms with E-state index in [1.54, 1.807) is 14.0 Å². The van der Waals surface area contributed by atoms with Crippen LogP contribution in [0.2, 0.25) is 0 Å². The first kappa shape index (κ1) is 36.7. The molecule has 0 amide bonds. The van der Waals surface area contributed by atoms with Crippen LogP contribution >= 0.6 is 0 Å². The molecule has 0 radical (unpaired) electrons. The van der Waals surface area contributed by atoms with Gasteiger partial charge in [-0.25, -0.2) is 9.97 Å². The largest absolute Gasteiger partial charge is 0.481 e. The van der Waals surface area contributed by atoms with Gasteiger partial charge in [0, 0.05) is 47.6 Å². The van der Waals surface area contributed by atoms with Gasteiger partial charge in [0.2, 0.25) is 0 Å². The molecule has 266 valence electrons. The van der Waals surface area contributed by atoms with Gasteiger partial charge in [0.15, 0.2) is 0 Å². The molecule has 1 fully saturated rings. The number of hydrogen-bond acceptors (Lipinski definition) is 7. The Morgan fingerprint density at radius 2 is 1.36 bits per heavy atom. The Morgan fingerprint density at radius 3 is 1.82 bits per heavy atom. The van der Waals surface area contributed by atoms with Crippen LogP contribution in [0.4, 0.5) is 0 Å². The van der Waals surface area contributed by atoms with Crippen LogP contribution in [0.1, 0.15) is 117 Å². The zero-order valence-electron chi connectivity index (χ0n) is 30.1. The number of carbonyl (C=O) groups is 2. The lowest BCUT2D eigenvalue weighted by molar-refractivity contribution is -0.137. The van der Waals surface area contributed by atoms with Crippen molar-refractivity contribution in [3.05, 3.63) is 69.3 Å². The summed E-state index contributed by atoms with van der Waals surface area (Å²) in [5.74, 6) is -1.79. The minimum atomic E-state index is -0.903. The van der Waals surface area contributed by atoms with Gasteiger partial charge in [-0.1, -0.05) is 6.92 Å². The molecule has 6 N–H and O–H groups in total. The van der Waals surface area contributed by atoms with E-state index in [-0.39, 0.29) is 19.3 Å². The number of aliphatic carboxylic acids is 2. The molecule has 2 atom stereocenters. The zero-order chi connectivity index (χ0) is 36.3. The number of ether oxygens (including phenoxy) is 1. The van der Waals surface area contributed by atoms with E-state index in [4.69, 9.17) is 14.7 Å². The summed E-state index contributed by atoms with van der Waals surface area (Å²) in [6.45, 7) is 12.9. The van der Waals surface area contributed by atoms with Gasteiger partial charge in [0.25, 0.3) is 0 Å². The number of fused-ring (bicyclic) bond motifs is 8. The number of carboxylic acid groups (broad SMARTS) is 2. The van der Waals surface area contributed by atoms with E-state index in [0.717, 1.165) is 79.7 Å². The predicted octanol–water partition coefficient (Wildman–Crippen LogP) is 7.48. The molecule has 2 unspecified atom stereocenters. The number of rotatable bonds is 9. The van der Waals surface area contributed by atoms with Gasteiger partial charge >= 0.3 is 11.9 Å². The smallest absolute Gasteiger partial charge is 0.303 e. The SMILES string of the molecule is CCc1c(C)c2cc3nc(cc4nc(cc5[nH]c(cc1[nH]2)c(C)c5C(C)O)C(C)=C4CCC(=O)O)C(CCC(=O)O)=C3C.COC1CCCN1. The number of methoxy groups -OCH3 is 1. The molecule has 3 aromatic heterocycles. The van der Waals surface area contributed by atoms with E-state index in [1.807, 2.05) is 39.0 Å². The Bertz CT molecular complexity index is 2030. The van der Waals surface area contributed by atoms with E-state index < -0.39 is 18.0 Å². The molecule has 3 aromatic rings. The van der Waals surface area contributed by atoms with Crippen LogP contribution < -0.4 is 5.32 Å². The summed E-state index contributed by atoms with van der Waals surface area (Å²) in [4.78, 5) is 40.1. The predicted molar refractivity (Wildman–Crippen MR) is 197 cm³/mol. The number of aliphatic hydroxyl groups is 1. The van der Waals surface area contributed by atoms with Crippen LogP contribution in [0.25, 0.3) is 44.4 Å². The first-order chi connectivity index (χ1) is 23.8. The number of carboxylic acids is 2. The molecule has 6 rings (SSSR count). The lowest BCUT2D eigenvalue weighted by Crippen LogP contribution is -2.22. The molecule has 3 aliphatic rings. The van der Waals surface area contributed by atoms with Crippen LogP contribution in [-0.2, 0) is 20.7 Å². The standard InChI is InChI=1S/C34H38N4O5.C5H11NO/c1-7-21-16(2)24-12-25-17(3)22(8-10-32(40)41)29(36-25)15-30-23(9-11-33(42)43)18(4)26(37-30)14-31-34(20(6)39)19(5)27(38-31)13-28(21)35-24;1-7-5-3-2-4-6-5/h12-15,20,35,38-39H,7-11H2,1-6H3,(H,40,41)(H,42,43);5-6H,2-4H2,1H3. The third-order valence-corrected chi connectivity index (χ3v) is 9.97. The van der Waals surface area contributed by atoms with Gasteiger partial charge in [0.05, 0.1) is 28.9 Å². The summed E-state index contributed by atoms with van der Waals surface area (Å²) < 4.78 is 5.00. The first-order valence-electron chi connectivity index (χ1n) is 17.4. The second-order valence-corrected chi connectivity index (χ2v) is 13.2. The lowest BCUT2D eigenvalue weighted by atomic mass is 9.98. The van der Waals surface area contributed by atoms with Crippen molar-refractivity contribution in [2.45, 2.75) is 98.8 Å². The van der Waals surface area contributed by atoms with Crippen LogP contribution in [0.5, 0.6) is 0 Å². The minimum absolute atomic E-state index is 0.0395. The van der Waals surface area contributed by atoms with Crippen molar-refractivity contribution in [1.82, 2.24) is 25.3 Å². The highest BCUT2D eigenvalue weighted by atomic mass is 16.5. The number of nitrogens with one attached hydrogen (secondary N) is 3. The molecule has 1 saturated heterocycles. The average molecular weight is 684 g/mol. The van der Waals surface area contributed by atoms with Crippen LogP contribution in [0, 0.1) is 13.8 Å². The fraction of sp³-hybridized carbons (Fsp3) is 0.436. The maximum Gasteiger partial charge on any atom is 0.303 e. The van der Waals surface area contributed by atoms with Gasteiger partial charge < -0.3 is 30.0 Å². The minimum Gasteiger partial charge on any atom is -0.481 e. The molecule has 0 aliphatic carbocycles. The molecule has 6 heterocycles. The van der Waals surface area contributed by atoms with E-state index in [0.29, 0.717) is 29.7 Å². The van der Waals surface area contributed by atoms with Gasteiger partial charge in [-0.05, 0) is 137 Å². The molecule has 3 aliphatic heterocycles. The maximum absolute atomic E-state index is 11.5. The molecule has 50 heavy (non-hydrogen) atoms. The monoisotopic (exact) mass is 683 g/mol. The van der Waals surface area contributed by atoms with Gasteiger partial charge in [-0.3, -0.25) is 14.9 Å². The second-order valence-electron chi connectivity index (χ2n) is 13.2. The third kappa shape index (κ3) is 7.75. The molecule has 0 aromatic carbocycles. The summed E-state index contributed by atoms with van der Waals surface area (Å²) >= 11 is 0. The Balaban J connectivity index is 0.000000619. The third-order valence-electron chi connectivity index (χ3n) is 9.97. The Kier molecular flexibility index (Phi) is 11.4. The normalized spacial score (nSPS) is 16.4. The quantitative estimate of drug-likeness (QED) is 0.134. The van der Waals surface area contributed by atoms with Crippen molar-refractivity contribution in [2.75, 3.05) is 13.7 Å². The number of hydrogen-bond donors (Lipinski definition) is 6. The molecule has 0 spiro atoms. The van der Waals surface area contributed by atoms with Crippen molar-refractivity contribution in [3.8, 4) is 0 Å². The summed E-state index contributed by atoms with van der Waals surface area (Å²) in [5, 5.41) is 32.9. The van der Waals surface area contributed by atoms with Crippen molar-refractivity contribution in [3.63, 3.8) is 0 Å². The zero-order valence-corrected chi connectivity index (χ0v) is 30.1. The van der Waals surface area contributed by atoms with E-state index in [9.17, 15) is 24.9 Å². The molecule has 11 heteroatoms. The molecular weight excluding hydrogens is 634 g/mol. The van der Waals surface area contributed by atoms with Gasteiger partial charge in [0.1, 0.15) is 6.23 Å². The maximum atomic E-state index is 11.5.